The maximum Gasteiger partial charge on any atom is 0.152 e. The lowest BCUT2D eigenvalue weighted by Gasteiger charge is -2.41. The minimum absolute atomic E-state index is 0.198. The predicted octanol–water partition coefficient (Wildman–Crippen LogP) is 3.89. The summed E-state index contributed by atoms with van der Waals surface area (Å²) in [4.78, 5) is 7.09. The van der Waals surface area contributed by atoms with Crippen molar-refractivity contribution < 1.29 is 13.2 Å². The van der Waals surface area contributed by atoms with Crippen molar-refractivity contribution in [2.75, 3.05) is 37.0 Å². The molecule has 2 N–H and O–H groups in total. The molecule has 0 saturated carbocycles. The second-order valence-corrected chi connectivity index (χ2v) is 12.1. The summed E-state index contributed by atoms with van der Waals surface area (Å²) in [5.74, 6) is 1.77. The van der Waals surface area contributed by atoms with Crippen LogP contribution in [-0.4, -0.2) is 71.0 Å². The van der Waals surface area contributed by atoms with Gasteiger partial charge in [0.2, 0.25) is 0 Å². The monoisotopic (exact) mass is 510 g/mol. The molecule has 192 valence electrons. The second-order valence-electron chi connectivity index (χ2n) is 9.78. The molecule has 0 aliphatic carbocycles. The van der Waals surface area contributed by atoms with Crippen molar-refractivity contribution in [3.05, 3.63) is 54.4 Å². The Morgan fingerprint density at radius 3 is 2.44 bits per heavy atom. The number of hydrogen-bond acceptors (Lipinski definition) is 8. The van der Waals surface area contributed by atoms with Crippen LogP contribution in [0.5, 0.6) is 5.75 Å². The lowest BCUT2D eigenvalue weighted by Crippen LogP contribution is -2.51. The quantitative estimate of drug-likeness (QED) is 0.420. The molecule has 9 nitrogen and oxygen atoms in total. The third kappa shape index (κ3) is 6.11. The fourth-order valence-corrected chi connectivity index (χ4v) is 5.59. The Kier molecular flexibility index (Phi) is 7.46. The van der Waals surface area contributed by atoms with Crippen LogP contribution in [0.4, 0.5) is 11.5 Å². The molecule has 1 fully saturated rings. The molecule has 1 aliphatic heterocycles. The molecule has 3 aromatic rings. The number of anilines is 2. The second kappa shape index (κ2) is 10.4. The number of aryl methyl sites for hydroxylation is 1. The highest BCUT2D eigenvalue weighted by molar-refractivity contribution is 7.91. The first-order valence-electron chi connectivity index (χ1n) is 12.0. The number of sulfone groups is 1. The first kappa shape index (κ1) is 25.8. The Morgan fingerprint density at radius 1 is 1.14 bits per heavy atom. The van der Waals surface area contributed by atoms with Gasteiger partial charge in [0, 0.05) is 48.7 Å². The van der Waals surface area contributed by atoms with E-state index < -0.39 is 9.84 Å². The summed E-state index contributed by atoms with van der Waals surface area (Å²) in [5.41, 5.74) is 3.52. The van der Waals surface area contributed by atoms with E-state index in [9.17, 15) is 8.42 Å². The van der Waals surface area contributed by atoms with Gasteiger partial charge in [-0.05, 0) is 63.1 Å². The zero-order chi connectivity index (χ0) is 25.9. The number of ether oxygens (including phenoxy) is 1. The summed E-state index contributed by atoms with van der Waals surface area (Å²) in [6.07, 6.45) is 4.87. The molecule has 4 rings (SSSR count). The number of aromatic nitrogens is 3. The molecule has 2 aromatic heterocycles. The third-order valence-electron chi connectivity index (χ3n) is 6.76. The Morgan fingerprint density at radius 2 is 1.83 bits per heavy atom. The highest BCUT2D eigenvalue weighted by Gasteiger charge is 2.32. The smallest absolute Gasteiger partial charge is 0.152 e. The van der Waals surface area contributed by atoms with Crippen molar-refractivity contribution in [2.24, 2.45) is 7.05 Å². The van der Waals surface area contributed by atoms with E-state index in [2.05, 4.69) is 29.2 Å². The maximum absolute atomic E-state index is 11.8. The predicted molar refractivity (Wildman–Crippen MR) is 143 cm³/mol. The van der Waals surface area contributed by atoms with E-state index in [0.29, 0.717) is 31.0 Å². The van der Waals surface area contributed by atoms with Gasteiger partial charge in [-0.25, -0.2) is 13.4 Å². The summed E-state index contributed by atoms with van der Waals surface area (Å²) < 4.78 is 30.7. The standard InChI is InChI=1S/C26H34N6O3S/c1-26(2,32-13-15-36(33,34)16-14-32)12-11-23(27)22-9-10-24(19-5-7-21(35-4)8-6-19)30-25(22)29-20-17-28-31(3)18-20/h5-10,17-18,27H,11-16H2,1-4H3,(H,29,30). The van der Waals surface area contributed by atoms with Gasteiger partial charge in [-0.1, -0.05) is 0 Å². The average Bonchev–Trinajstić information content (AvgIpc) is 3.26. The molecular formula is C26H34N6O3S. The van der Waals surface area contributed by atoms with Gasteiger partial charge in [0.15, 0.2) is 9.84 Å². The molecule has 0 atom stereocenters. The lowest BCUT2D eigenvalue weighted by atomic mass is 9.92. The van der Waals surface area contributed by atoms with E-state index in [1.54, 1.807) is 18.0 Å². The molecule has 0 bridgehead atoms. The van der Waals surface area contributed by atoms with Gasteiger partial charge in [-0.3, -0.25) is 9.58 Å². The zero-order valence-electron chi connectivity index (χ0n) is 21.3. The number of pyridine rings is 1. The zero-order valence-corrected chi connectivity index (χ0v) is 22.1. The van der Waals surface area contributed by atoms with Crippen LogP contribution in [0.3, 0.4) is 0 Å². The van der Waals surface area contributed by atoms with E-state index in [-0.39, 0.29) is 17.0 Å². The van der Waals surface area contributed by atoms with Gasteiger partial charge in [-0.2, -0.15) is 5.10 Å². The van der Waals surface area contributed by atoms with E-state index >= 15 is 0 Å². The Balaban J connectivity index is 1.55. The van der Waals surface area contributed by atoms with Crippen LogP contribution < -0.4 is 10.1 Å². The normalized spacial score (nSPS) is 16.0. The molecule has 1 aliphatic rings. The van der Waals surface area contributed by atoms with Gasteiger partial charge in [0.05, 0.1) is 36.2 Å². The van der Waals surface area contributed by atoms with Crippen LogP contribution >= 0.6 is 0 Å². The van der Waals surface area contributed by atoms with Crippen molar-refractivity contribution in [3.8, 4) is 17.0 Å². The van der Waals surface area contributed by atoms with Crippen molar-refractivity contribution >= 4 is 27.1 Å². The first-order chi connectivity index (χ1) is 17.1. The SMILES string of the molecule is COc1ccc(-c2ccc(C(=N)CCC(C)(C)N3CCS(=O)(=O)CC3)c(Nc3cnn(C)c3)n2)cc1. The summed E-state index contributed by atoms with van der Waals surface area (Å²) in [6, 6.07) is 11.6. The van der Waals surface area contributed by atoms with E-state index in [4.69, 9.17) is 15.1 Å². The molecule has 0 spiro atoms. The highest BCUT2D eigenvalue weighted by Crippen LogP contribution is 2.29. The minimum Gasteiger partial charge on any atom is -0.497 e. The van der Waals surface area contributed by atoms with Crippen LogP contribution in [0, 0.1) is 5.41 Å². The van der Waals surface area contributed by atoms with Gasteiger partial charge in [0.1, 0.15) is 11.6 Å². The molecule has 1 aromatic carbocycles. The van der Waals surface area contributed by atoms with Gasteiger partial charge >= 0.3 is 0 Å². The van der Waals surface area contributed by atoms with E-state index in [0.717, 1.165) is 34.7 Å². The molecule has 0 unspecified atom stereocenters. The molecule has 0 amide bonds. The fraction of sp³-hybridized carbons (Fsp3) is 0.423. The van der Waals surface area contributed by atoms with Crippen molar-refractivity contribution in [1.82, 2.24) is 19.7 Å². The molecule has 1 saturated heterocycles. The van der Waals surface area contributed by atoms with Crippen LogP contribution in [0.1, 0.15) is 32.3 Å². The molecule has 0 radical (unpaired) electrons. The van der Waals surface area contributed by atoms with E-state index in [1.165, 1.54) is 0 Å². The van der Waals surface area contributed by atoms with Gasteiger partial charge in [0.25, 0.3) is 0 Å². The number of methoxy groups -OCH3 is 1. The summed E-state index contributed by atoms with van der Waals surface area (Å²) in [7, 11) is 0.558. The van der Waals surface area contributed by atoms with Gasteiger partial charge < -0.3 is 15.5 Å². The molecule has 10 heteroatoms. The van der Waals surface area contributed by atoms with Crippen LogP contribution in [0.25, 0.3) is 11.3 Å². The maximum atomic E-state index is 11.8. The topological polar surface area (TPSA) is 113 Å². The average molecular weight is 511 g/mol. The van der Waals surface area contributed by atoms with E-state index in [1.807, 2.05) is 49.6 Å². The Labute approximate surface area is 212 Å². The number of benzene rings is 1. The van der Waals surface area contributed by atoms with Gasteiger partial charge in [-0.15, -0.1) is 0 Å². The molecule has 3 heterocycles. The summed E-state index contributed by atoms with van der Waals surface area (Å²) in [5, 5.41) is 16.5. The Hall–Kier alpha value is -3.24. The highest BCUT2D eigenvalue weighted by atomic mass is 32.2. The van der Waals surface area contributed by atoms with Crippen LogP contribution in [-0.2, 0) is 16.9 Å². The Bertz CT molecular complexity index is 1320. The minimum atomic E-state index is -2.93. The molecule has 36 heavy (non-hydrogen) atoms. The number of rotatable bonds is 9. The van der Waals surface area contributed by atoms with Crippen molar-refractivity contribution in [1.29, 1.82) is 5.41 Å². The van der Waals surface area contributed by atoms with Crippen LogP contribution in [0.15, 0.2) is 48.8 Å². The van der Waals surface area contributed by atoms with Crippen molar-refractivity contribution in [2.45, 2.75) is 32.2 Å². The number of hydrogen-bond donors (Lipinski definition) is 2. The largest absolute Gasteiger partial charge is 0.497 e. The van der Waals surface area contributed by atoms with Crippen molar-refractivity contribution in [3.63, 3.8) is 0 Å². The summed E-state index contributed by atoms with van der Waals surface area (Å²) in [6.45, 7) is 5.32. The fourth-order valence-electron chi connectivity index (χ4n) is 4.38. The third-order valence-corrected chi connectivity index (χ3v) is 8.37. The number of nitrogens with one attached hydrogen (secondary N) is 2. The lowest BCUT2D eigenvalue weighted by molar-refractivity contribution is 0.124. The number of nitrogens with zero attached hydrogens (tertiary/aromatic N) is 4. The molecular weight excluding hydrogens is 476 g/mol. The first-order valence-corrected chi connectivity index (χ1v) is 13.8. The van der Waals surface area contributed by atoms with Crippen LogP contribution in [0.2, 0.25) is 0 Å². The summed E-state index contributed by atoms with van der Waals surface area (Å²) >= 11 is 0.